The van der Waals surface area contributed by atoms with Crippen LogP contribution in [0.1, 0.15) is 17.7 Å². The molecule has 4 nitrogen and oxygen atoms in total. The van der Waals surface area contributed by atoms with E-state index in [0.29, 0.717) is 16.4 Å². The smallest absolute Gasteiger partial charge is 0.257 e. The predicted octanol–water partition coefficient (Wildman–Crippen LogP) is 1.57. The second kappa shape index (κ2) is 3.45. The number of nitrogens with zero attached hydrogens (tertiary/aromatic N) is 1. The quantitative estimate of drug-likeness (QED) is 0.785. The number of nitrogen functional groups attached to an aromatic ring is 1. The van der Waals surface area contributed by atoms with Gasteiger partial charge < -0.3 is 10.7 Å². The Bertz CT molecular complexity index is 600. The molecule has 2 heterocycles. The summed E-state index contributed by atoms with van der Waals surface area (Å²) in [5.74, 6) is 0. The summed E-state index contributed by atoms with van der Waals surface area (Å²) in [6.07, 6.45) is 3.14. The summed E-state index contributed by atoms with van der Waals surface area (Å²) in [6.45, 7) is 0. The summed E-state index contributed by atoms with van der Waals surface area (Å²) in [4.78, 5) is 18.9. The molecule has 0 saturated heterocycles. The number of anilines is 1. The Balaban J connectivity index is 2.18. The molecule has 0 amide bonds. The highest BCUT2D eigenvalue weighted by Crippen LogP contribution is 2.25. The van der Waals surface area contributed by atoms with Crippen LogP contribution in [0.15, 0.2) is 16.2 Å². The lowest BCUT2D eigenvalue weighted by Gasteiger charge is -2.01. The molecule has 1 aliphatic carbocycles. The molecule has 0 atom stereocenters. The van der Waals surface area contributed by atoms with Gasteiger partial charge in [-0.2, -0.15) is 0 Å². The van der Waals surface area contributed by atoms with Crippen LogP contribution in [0.5, 0.6) is 0 Å². The van der Waals surface area contributed by atoms with Gasteiger partial charge >= 0.3 is 0 Å². The Labute approximate surface area is 96.2 Å². The lowest BCUT2D eigenvalue weighted by molar-refractivity contribution is 0.897. The summed E-state index contributed by atoms with van der Waals surface area (Å²) >= 11 is 1.36. The van der Waals surface area contributed by atoms with Gasteiger partial charge in [0.25, 0.3) is 5.56 Å². The third-order valence-electron chi connectivity index (χ3n) is 2.89. The number of fused-ring (bicyclic) bond motifs is 1. The molecule has 0 radical (unpaired) electrons. The standard InChI is InChI=1S/C11H11N3OS/c12-11-14-9(5-16-11)7-4-6-2-1-3-8(6)13-10(7)15/h4-5H,1-3H2,(H2,12,14)(H,13,15). The van der Waals surface area contributed by atoms with Crippen LogP contribution >= 0.6 is 11.3 Å². The van der Waals surface area contributed by atoms with E-state index in [4.69, 9.17) is 5.73 Å². The van der Waals surface area contributed by atoms with Gasteiger partial charge in [0.05, 0.1) is 11.3 Å². The van der Waals surface area contributed by atoms with Crippen molar-refractivity contribution in [3.8, 4) is 11.3 Å². The van der Waals surface area contributed by atoms with Crippen molar-refractivity contribution < 1.29 is 0 Å². The third kappa shape index (κ3) is 1.44. The van der Waals surface area contributed by atoms with E-state index in [1.54, 1.807) is 0 Å². The van der Waals surface area contributed by atoms with Crippen LogP contribution in [0.2, 0.25) is 0 Å². The fourth-order valence-corrected chi connectivity index (χ4v) is 2.68. The molecule has 82 valence electrons. The molecule has 0 aliphatic heterocycles. The van der Waals surface area contributed by atoms with Crippen LogP contribution in [0, 0.1) is 0 Å². The van der Waals surface area contributed by atoms with Crippen molar-refractivity contribution in [3.63, 3.8) is 0 Å². The van der Waals surface area contributed by atoms with Gasteiger partial charge in [-0.1, -0.05) is 0 Å². The van der Waals surface area contributed by atoms with Crippen LogP contribution in [-0.2, 0) is 12.8 Å². The van der Waals surface area contributed by atoms with Gasteiger partial charge in [-0.3, -0.25) is 4.79 Å². The summed E-state index contributed by atoms with van der Waals surface area (Å²) < 4.78 is 0. The highest BCUT2D eigenvalue weighted by Gasteiger charge is 2.16. The lowest BCUT2D eigenvalue weighted by atomic mass is 10.1. The highest BCUT2D eigenvalue weighted by atomic mass is 32.1. The van der Waals surface area contributed by atoms with Crippen molar-refractivity contribution >= 4 is 16.5 Å². The first-order chi connectivity index (χ1) is 7.74. The van der Waals surface area contributed by atoms with Crippen LogP contribution < -0.4 is 11.3 Å². The highest BCUT2D eigenvalue weighted by molar-refractivity contribution is 7.13. The Morgan fingerprint density at radius 1 is 1.44 bits per heavy atom. The average molecular weight is 233 g/mol. The maximum atomic E-state index is 11.9. The Morgan fingerprint density at radius 3 is 3.06 bits per heavy atom. The fourth-order valence-electron chi connectivity index (χ4n) is 2.11. The van der Waals surface area contributed by atoms with E-state index in [0.717, 1.165) is 25.0 Å². The molecular formula is C11H11N3OS. The first-order valence-corrected chi connectivity index (χ1v) is 6.08. The molecule has 1 aliphatic rings. The van der Waals surface area contributed by atoms with Gasteiger partial charge in [0, 0.05) is 11.1 Å². The van der Waals surface area contributed by atoms with Crippen molar-refractivity contribution in [1.29, 1.82) is 0 Å². The molecule has 0 fully saturated rings. The fraction of sp³-hybridized carbons (Fsp3) is 0.273. The van der Waals surface area contributed by atoms with E-state index in [1.165, 1.54) is 16.9 Å². The second-order valence-electron chi connectivity index (χ2n) is 3.94. The van der Waals surface area contributed by atoms with Gasteiger partial charge in [-0.05, 0) is 30.9 Å². The Hall–Kier alpha value is -1.62. The summed E-state index contributed by atoms with van der Waals surface area (Å²) in [7, 11) is 0. The molecule has 0 saturated carbocycles. The largest absolute Gasteiger partial charge is 0.375 e. The number of pyridine rings is 1. The Kier molecular flexibility index (Phi) is 2.07. The van der Waals surface area contributed by atoms with Crippen molar-refractivity contribution in [3.05, 3.63) is 33.1 Å². The minimum absolute atomic E-state index is 0.0639. The van der Waals surface area contributed by atoms with Gasteiger partial charge in [-0.25, -0.2) is 4.98 Å². The van der Waals surface area contributed by atoms with Gasteiger partial charge in [0.2, 0.25) is 0 Å². The SMILES string of the molecule is Nc1nc(-c2cc3c([nH]c2=O)CCC3)cs1. The number of hydrogen-bond acceptors (Lipinski definition) is 4. The third-order valence-corrected chi connectivity index (χ3v) is 3.56. The number of aromatic amines is 1. The number of rotatable bonds is 1. The zero-order valence-electron chi connectivity index (χ0n) is 8.62. The normalized spacial score (nSPS) is 14.0. The molecule has 0 spiro atoms. The first-order valence-electron chi connectivity index (χ1n) is 5.20. The van der Waals surface area contributed by atoms with Crippen molar-refractivity contribution in [1.82, 2.24) is 9.97 Å². The summed E-state index contributed by atoms with van der Waals surface area (Å²) in [6, 6.07) is 1.95. The lowest BCUT2D eigenvalue weighted by Crippen LogP contribution is -2.11. The molecule has 16 heavy (non-hydrogen) atoms. The Morgan fingerprint density at radius 2 is 2.31 bits per heavy atom. The number of aromatic nitrogens is 2. The molecule has 3 rings (SSSR count). The minimum Gasteiger partial charge on any atom is -0.375 e. The van der Waals surface area contributed by atoms with E-state index in [1.807, 2.05) is 11.4 Å². The molecule has 3 N–H and O–H groups in total. The monoisotopic (exact) mass is 233 g/mol. The molecular weight excluding hydrogens is 222 g/mol. The van der Waals surface area contributed by atoms with E-state index in [9.17, 15) is 4.79 Å². The number of H-pyrrole nitrogens is 1. The second-order valence-corrected chi connectivity index (χ2v) is 4.83. The number of hydrogen-bond donors (Lipinski definition) is 2. The maximum absolute atomic E-state index is 11.9. The van der Waals surface area contributed by atoms with E-state index < -0.39 is 0 Å². The first kappa shape index (κ1) is 9.59. The van der Waals surface area contributed by atoms with Gasteiger partial charge in [0.15, 0.2) is 5.13 Å². The van der Waals surface area contributed by atoms with Crippen LogP contribution in [0.3, 0.4) is 0 Å². The van der Waals surface area contributed by atoms with Crippen molar-refractivity contribution in [2.45, 2.75) is 19.3 Å². The van der Waals surface area contributed by atoms with Crippen molar-refractivity contribution in [2.24, 2.45) is 0 Å². The number of nitrogens with one attached hydrogen (secondary N) is 1. The molecule has 0 aromatic carbocycles. The summed E-state index contributed by atoms with van der Waals surface area (Å²) in [5.41, 5.74) is 9.14. The van der Waals surface area contributed by atoms with E-state index in [2.05, 4.69) is 9.97 Å². The predicted molar refractivity (Wildman–Crippen MR) is 64.6 cm³/mol. The van der Waals surface area contributed by atoms with Gasteiger partial charge in [0.1, 0.15) is 0 Å². The van der Waals surface area contributed by atoms with Crippen LogP contribution in [0.4, 0.5) is 5.13 Å². The van der Waals surface area contributed by atoms with Crippen LogP contribution in [0.25, 0.3) is 11.3 Å². The summed E-state index contributed by atoms with van der Waals surface area (Å²) in [5, 5.41) is 2.32. The van der Waals surface area contributed by atoms with Crippen molar-refractivity contribution in [2.75, 3.05) is 5.73 Å². The van der Waals surface area contributed by atoms with Crippen LogP contribution in [-0.4, -0.2) is 9.97 Å². The molecule has 2 aromatic heterocycles. The number of thiazole rings is 1. The molecule has 2 aromatic rings. The average Bonchev–Trinajstić information content (AvgIpc) is 2.84. The topological polar surface area (TPSA) is 71.8 Å². The molecule has 0 unspecified atom stereocenters. The van der Waals surface area contributed by atoms with E-state index >= 15 is 0 Å². The number of nitrogens with two attached hydrogens (primary N) is 1. The minimum atomic E-state index is -0.0639. The molecule has 0 bridgehead atoms. The zero-order chi connectivity index (χ0) is 11.1. The zero-order valence-corrected chi connectivity index (χ0v) is 9.43. The van der Waals surface area contributed by atoms with E-state index in [-0.39, 0.29) is 5.56 Å². The van der Waals surface area contributed by atoms with Gasteiger partial charge in [-0.15, -0.1) is 11.3 Å². The molecule has 5 heteroatoms. The number of aryl methyl sites for hydroxylation is 2. The maximum Gasteiger partial charge on any atom is 0.257 e.